The molecule has 2 unspecified atom stereocenters. The monoisotopic (exact) mass is 314 g/mol. The molecule has 0 fully saturated rings. The van der Waals surface area contributed by atoms with Gasteiger partial charge in [0.25, 0.3) is 0 Å². The van der Waals surface area contributed by atoms with Crippen molar-refractivity contribution >= 4 is 5.78 Å². The summed E-state index contributed by atoms with van der Waals surface area (Å²) < 4.78 is 0. The fraction of sp³-hybridized carbons (Fsp3) is 0.682. The first-order valence-corrected chi connectivity index (χ1v) is 9.10. The predicted octanol–water partition coefficient (Wildman–Crippen LogP) is 6.12. The zero-order chi connectivity index (χ0) is 17.6. The fourth-order valence-electron chi connectivity index (χ4n) is 4.10. The summed E-state index contributed by atoms with van der Waals surface area (Å²) in [5, 5.41) is 0. The average Bonchev–Trinajstić information content (AvgIpc) is 2.39. The number of carbonyl (C=O) groups is 1. The molecule has 0 saturated heterocycles. The molecule has 0 aliphatic heterocycles. The lowest BCUT2D eigenvalue weighted by Crippen LogP contribution is -2.39. The number of ketones is 1. The van der Waals surface area contributed by atoms with Gasteiger partial charge in [-0.1, -0.05) is 79.7 Å². The second-order valence-electron chi connectivity index (χ2n) is 9.64. The van der Waals surface area contributed by atoms with E-state index in [1.54, 1.807) is 0 Å². The maximum Gasteiger partial charge on any atom is 0.185 e. The third-order valence-corrected chi connectivity index (χ3v) is 5.41. The first kappa shape index (κ1) is 18.2. The van der Waals surface area contributed by atoms with E-state index < -0.39 is 0 Å². The lowest BCUT2D eigenvalue weighted by atomic mass is 9.58. The summed E-state index contributed by atoms with van der Waals surface area (Å²) in [5.74, 6) is 1.30. The van der Waals surface area contributed by atoms with Crippen LogP contribution in [-0.2, 0) is 4.79 Å². The Morgan fingerprint density at radius 2 is 1.48 bits per heavy atom. The van der Waals surface area contributed by atoms with Crippen molar-refractivity contribution in [2.75, 3.05) is 0 Å². The summed E-state index contributed by atoms with van der Waals surface area (Å²) in [4.78, 5) is 13.2. The molecule has 0 saturated carbocycles. The summed E-state index contributed by atoms with van der Waals surface area (Å²) in [6, 6.07) is 0. The first-order chi connectivity index (χ1) is 10.4. The van der Waals surface area contributed by atoms with Crippen LogP contribution < -0.4 is 0 Å². The Kier molecular flexibility index (Phi) is 4.56. The highest BCUT2D eigenvalue weighted by molar-refractivity contribution is 6.11. The maximum atomic E-state index is 13.2. The van der Waals surface area contributed by atoms with E-state index in [9.17, 15) is 4.79 Å². The zero-order valence-corrected chi connectivity index (χ0v) is 16.3. The number of hydrogen-bond donors (Lipinski definition) is 0. The molecule has 128 valence electrons. The molecule has 0 aromatic heterocycles. The summed E-state index contributed by atoms with van der Waals surface area (Å²) in [6.07, 6.45) is 11.6. The van der Waals surface area contributed by atoms with Crippen molar-refractivity contribution in [1.29, 1.82) is 0 Å². The van der Waals surface area contributed by atoms with E-state index in [4.69, 9.17) is 0 Å². The van der Waals surface area contributed by atoms with Crippen molar-refractivity contribution in [3.63, 3.8) is 0 Å². The molecular formula is C22H34O. The van der Waals surface area contributed by atoms with Crippen LogP contribution in [-0.4, -0.2) is 5.78 Å². The normalized spacial score (nSPS) is 27.9. The highest BCUT2D eigenvalue weighted by Gasteiger charge is 2.44. The lowest BCUT2D eigenvalue weighted by molar-refractivity contribution is -0.114. The SMILES string of the molecule is CCC1C=CC(C)CC12C=C(C(C)(C)C)C(=O)C(C(C)(C)C)=C2. The van der Waals surface area contributed by atoms with Gasteiger partial charge in [0, 0.05) is 16.6 Å². The number of allylic oxidation sites excluding steroid dienone is 6. The Morgan fingerprint density at radius 1 is 1.00 bits per heavy atom. The van der Waals surface area contributed by atoms with Gasteiger partial charge in [0.05, 0.1) is 0 Å². The molecule has 0 amide bonds. The molecule has 2 rings (SSSR count). The average molecular weight is 315 g/mol. The van der Waals surface area contributed by atoms with Gasteiger partial charge in [-0.3, -0.25) is 4.79 Å². The Morgan fingerprint density at radius 3 is 1.87 bits per heavy atom. The minimum Gasteiger partial charge on any atom is -0.289 e. The molecular weight excluding hydrogens is 280 g/mol. The molecule has 23 heavy (non-hydrogen) atoms. The van der Waals surface area contributed by atoms with E-state index in [2.05, 4.69) is 79.7 Å². The molecule has 0 N–H and O–H groups in total. The Bertz CT molecular complexity index is 538. The fourth-order valence-corrected chi connectivity index (χ4v) is 4.10. The van der Waals surface area contributed by atoms with Gasteiger partial charge in [-0.2, -0.15) is 0 Å². The van der Waals surface area contributed by atoms with Crippen LogP contribution in [0.4, 0.5) is 0 Å². The lowest BCUT2D eigenvalue weighted by Gasteiger charge is -2.45. The van der Waals surface area contributed by atoms with Crippen molar-refractivity contribution in [1.82, 2.24) is 0 Å². The molecule has 0 aromatic carbocycles. The van der Waals surface area contributed by atoms with Crippen LogP contribution in [0.3, 0.4) is 0 Å². The molecule has 0 heterocycles. The molecule has 1 nitrogen and oxygen atoms in total. The Labute approximate surface area is 142 Å². The smallest absolute Gasteiger partial charge is 0.185 e. The van der Waals surface area contributed by atoms with Crippen molar-refractivity contribution in [2.45, 2.75) is 68.2 Å². The van der Waals surface area contributed by atoms with Crippen LogP contribution in [0.2, 0.25) is 0 Å². The van der Waals surface area contributed by atoms with Gasteiger partial charge in [0.1, 0.15) is 0 Å². The number of rotatable bonds is 1. The van der Waals surface area contributed by atoms with Gasteiger partial charge < -0.3 is 0 Å². The minimum absolute atomic E-state index is 0.00204. The summed E-state index contributed by atoms with van der Waals surface area (Å²) in [7, 11) is 0. The highest BCUT2D eigenvalue weighted by Crippen LogP contribution is 2.51. The molecule has 1 heteroatoms. The Hall–Kier alpha value is -1.11. The van der Waals surface area contributed by atoms with Gasteiger partial charge in [0.2, 0.25) is 0 Å². The van der Waals surface area contributed by atoms with Crippen molar-refractivity contribution in [3.05, 3.63) is 35.5 Å². The second-order valence-corrected chi connectivity index (χ2v) is 9.64. The number of Topliss-reactive ketones (excluding diaryl/α,β-unsaturated/α-hetero) is 1. The van der Waals surface area contributed by atoms with Crippen LogP contribution in [0.15, 0.2) is 35.5 Å². The van der Waals surface area contributed by atoms with Gasteiger partial charge in [-0.05, 0) is 35.5 Å². The number of carbonyl (C=O) groups excluding carboxylic acids is 1. The van der Waals surface area contributed by atoms with E-state index in [0.29, 0.717) is 11.8 Å². The standard InChI is InChI=1S/C22H34O/c1-9-16-11-10-15(2)12-22(16)13-17(20(3,4)5)19(23)18(14-22)21(6,7)8/h10-11,13-16H,9,12H2,1-8H3. The summed E-state index contributed by atoms with van der Waals surface area (Å²) in [6.45, 7) is 17.5. The molecule has 2 aliphatic carbocycles. The van der Waals surface area contributed by atoms with Crippen molar-refractivity contribution in [3.8, 4) is 0 Å². The molecule has 1 spiro atoms. The van der Waals surface area contributed by atoms with Crippen LogP contribution in [0.25, 0.3) is 0 Å². The third kappa shape index (κ3) is 3.39. The van der Waals surface area contributed by atoms with E-state index in [1.165, 1.54) is 0 Å². The summed E-state index contributed by atoms with van der Waals surface area (Å²) in [5.41, 5.74) is 1.79. The second kappa shape index (κ2) is 5.76. The molecule has 2 atom stereocenters. The van der Waals surface area contributed by atoms with Crippen LogP contribution >= 0.6 is 0 Å². The summed E-state index contributed by atoms with van der Waals surface area (Å²) >= 11 is 0. The van der Waals surface area contributed by atoms with E-state index in [0.717, 1.165) is 24.0 Å². The van der Waals surface area contributed by atoms with Crippen LogP contribution in [0, 0.1) is 28.1 Å². The van der Waals surface area contributed by atoms with Gasteiger partial charge in [-0.25, -0.2) is 0 Å². The largest absolute Gasteiger partial charge is 0.289 e. The van der Waals surface area contributed by atoms with Crippen molar-refractivity contribution in [2.24, 2.45) is 28.1 Å². The molecule has 0 aromatic rings. The van der Waals surface area contributed by atoms with E-state index >= 15 is 0 Å². The van der Waals surface area contributed by atoms with Gasteiger partial charge in [0.15, 0.2) is 5.78 Å². The number of hydrogen-bond acceptors (Lipinski definition) is 1. The molecule has 2 aliphatic rings. The van der Waals surface area contributed by atoms with Gasteiger partial charge in [-0.15, -0.1) is 0 Å². The van der Waals surface area contributed by atoms with Gasteiger partial charge >= 0.3 is 0 Å². The molecule has 0 radical (unpaired) electrons. The van der Waals surface area contributed by atoms with Crippen LogP contribution in [0.1, 0.15) is 68.2 Å². The molecule has 0 bridgehead atoms. The maximum absolute atomic E-state index is 13.2. The minimum atomic E-state index is -0.114. The quantitative estimate of drug-likeness (QED) is 0.533. The highest BCUT2D eigenvalue weighted by atomic mass is 16.1. The first-order valence-electron chi connectivity index (χ1n) is 9.10. The van der Waals surface area contributed by atoms with E-state index in [-0.39, 0.29) is 22.0 Å². The van der Waals surface area contributed by atoms with Crippen LogP contribution in [0.5, 0.6) is 0 Å². The van der Waals surface area contributed by atoms with E-state index in [1.807, 2.05) is 0 Å². The topological polar surface area (TPSA) is 17.1 Å². The Balaban J connectivity index is 2.69. The predicted molar refractivity (Wildman–Crippen MR) is 99.2 cm³/mol. The third-order valence-electron chi connectivity index (χ3n) is 5.41. The zero-order valence-electron chi connectivity index (χ0n) is 16.3. The van der Waals surface area contributed by atoms with Crippen molar-refractivity contribution < 1.29 is 4.79 Å².